The molecule has 2 atom stereocenters. The number of nitrogens with zero attached hydrogens (tertiary/aromatic N) is 2. The van der Waals surface area contributed by atoms with Gasteiger partial charge in [-0.1, -0.05) is 0 Å². The summed E-state index contributed by atoms with van der Waals surface area (Å²) < 4.78 is 3.01. The second kappa shape index (κ2) is 5.05. The van der Waals surface area contributed by atoms with Crippen LogP contribution < -0.4 is 5.73 Å². The Hall–Kier alpha value is -1.09. The topological polar surface area (TPSA) is 54.7 Å². The Kier molecular flexibility index (Phi) is 3.67. The van der Waals surface area contributed by atoms with Crippen molar-refractivity contribution >= 4 is 27.3 Å². The van der Waals surface area contributed by atoms with Crippen LogP contribution in [0.1, 0.15) is 23.5 Å². The smallest absolute Gasteiger partial charge is 0.120 e. The largest absolute Gasteiger partial charge is 0.330 e. The van der Waals surface area contributed by atoms with E-state index in [1.165, 1.54) is 0 Å². The van der Waals surface area contributed by atoms with Crippen LogP contribution in [-0.4, -0.2) is 10.6 Å². The maximum atomic E-state index is 9.07. The first-order valence-electron chi connectivity index (χ1n) is 5.21. The first kappa shape index (κ1) is 12.4. The first-order chi connectivity index (χ1) is 8.13. The number of aromatic nitrogens is 1. The number of nitriles is 1. The summed E-state index contributed by atoms with van der Waals surface area (Å²) in [4.78, 5) is 1.15. The van der Waals surface area contributed by atoms with Crippen molar-refractivity contribution in [2.75, 3.05) is 0 Å². The van der Waals surface area contributed by atoms with Crippen LogP contribution in [0.5, 0.6) is 0 Å². The monoisotopic (exact) mass is 309 g/mol. The fourth-order valence-corrected chi connectivity index (χ4v) is 3.51. The molecule has 88 valence electrons. The van der Waals surface area contributed by atoms with Gasteiger partial charge in [0.1, 0.15) is 11.8 Å². The molecule has 2 heterocycles. The van der Waals surface area contributed by atoms with E-state index >= 15 is 0 Å². The van der Waals surface area contributed by atoms with Gasteiger partial charge in [0.2, 0.25) is 0 Å². The number of hydrogen-bond donors (Lipinski definition) is 1. The van der Waals surface area contributed by atoms with Gasteiger partial charge in [-0.3, -0.25) is 0 Å². The summed E-state index contributed by atoms with van der Waals surface area (Å²) >= 11 is 5.10. The molecule has 0 saturated carbocycles. The van der Waals surface area contributed by atoms with Crippen LogP contribution in [0.3, 0.4) is 0 Å². The van der Waals surface area contributed by atoms with E-state index < -0.39 is 0 Å². The third kappa shape index (κ3) is 2.44. The number of rotatable bonds is 3. The summed E-state index contributed by atoms with van der Waals surface area (Å²) in [5, 5.41) is 9.07. The molecule has 2 unspecified atom stereocenters. The van der Waals surface area contributed by atoms with Gasteiger partial charge in [-0.25, -0.2) is 0 Å². The molecule has 2 aromatic rings. The lowest BCUT2D eigenvalue weighted by atomic mass is 10.1. The van der Waals surface area contributed by atoms with Gasteiger partial charge in [0, 0.05) is 17.1 Å². The SMILES string of the molecule is CC(N)C(c1ccc(Br)s1)n1cccc1C#N. The molecule has 0 spiro atoms. The van der Waals surface area contributed by atoms with Crippen LogP contribution >= 0.6 is 27.3 Å². The van der Waals surface area contributed by atoms with Crippen LogP contribution in [0.2, 0.25) is 0 Å². The lowest BCUT2D eigenvalue weighted by molar-refractivity contribution is 0.502. The van der Waals surface area contributed by atoms with Crippen LogP contribution in [0.15, 0.2) is 34.2 Å². The van der Waals surface area contributed by atoms with Crippen LogP contribution in [0.25, 0.3) is 0 Å². The maximum absolute atomic E-state index is 9.07. The first-order valence-corrected chi connectivity index (χ1v) is 6.82. The predicted molar refractivity (Wildman–Crippen MR) is 73.0 cm³/mol. The van der Waals surface area contributed by atoms with Gasteiger partial charge in [-0.15, -0.1) is 11.3 Å². The molecule has 0 aliphatic rings. The zero-order chi connectivity index (χ0) is 12.4. The van der Waals surface area contributed by atoms with Crippen molar-refractivity contribution in [3.05, 3.63) is 44.8 Å². The van der Waals surface area contributed by atoms with E-state index in [1.54, 1.807) is 17.4 Å². The van der Waals surface area contributed by atoms with Crippen molar-refractivity contribution in [1.29, 1.82) is 5.26 Å². The Morgan fingerprint density at radius 3 is 2.76 bits per heavy atom. The van der Waals surface area contributed by atoms with Gasteiger partial charge in [-0.2, -0.15) is 5.26 Å². The molecule has 2 aromatic heterocycles. The van der Waals surface area contributed by atoms with Crippen molar-refractivity contribution < 1.29 is 0 Å². The minimum absolute atomic E-state index is 0.0101. The number of nitrogens with two attached hydrogens (primary N) is 1. The molecule has 2 rings (SSSR count). The van der Waals surface area contributed by atoms with Crippen LogP contribution in [-0.2, 0) is 0 Å². The highest BCUT2D eigenvalue weighted by Gasteiger charge is 2.21. The molecule has 5 heteroatoms. The minimum atomic E-state index is -0.0555. The Morgan fingerprint density at radius 1 is 1.47 bits per heavy atom. The van der Waals surface area contributed by atoms with Gasteiger partial charge in [0.05, 0.1) is 9.83 Å². The zero-order valence-electron chi connectivity index (χ0n) is 9.30. The van der Waals surface area contributed by atoms with Crippen LogP contribution in [0.4, 0.5) is 0 Å². The summed E-state index contributed by atoms with van der Waals surface area (Å²) in [6.07, 6.45) is 1.90. The van der Waals surface area contributed by atoms with Gasteiger partial charge in [0.15, 0.2) is 0 Å². The Bertz CT molecular complexity index is 550. The Morgan fingerprint density at radius 2 is 2.24 bits per heavy atom. The average molecular weight is 310 g/mol. The van der Waals surface area contributed by atoms with Crippen molar-refractivity contribution in [2.45, 2.75) is 19.0 Å². The predicted octanol–water partition coefficient (Wildman–Crippen LogP) is 3.12. The second-order valence-corrected chi connectivity index (χ2v) is 6.35. The fraction of sp³-hybridized carbons (Fsp3) is 0.250. The van der Waals surface area contributed by atoms with Crippen molar-refractivity contribution in [3.8, 4) is 6.07 Å². The third-order valence-corrected chi connectivity index (χ3v) is 4.27. The molecule has 0 amide bonds. The molecule has 3 nitrogen and oxygen atoms in total. The van der Waals surface area contributed by atoms with Crippen LogP contribution in [0, 0.1) is 11.3 Å². The standard InChI is InChI=1S/C12H12BrN3S/c1-8(15)12(10-4-5-11(13)17-10)16-6-2-3-9(16)7-14/h2-6,8,12H,15H2,1H3. The highest BCUT2D eigenvalue weighted by Crippen LogP contribution is 2.32. The molecular weight excluding hydrogens is 298 g/mol. The summed E-state index contributed by atoms with van der Waals surface area (Å²) in [5.41, 5.74) is 6.69. The van der Waals surface area contributed by atoms with Crippen molar-refractivity contribution in [3.63, 3.8) is 0 Å². The molecular formula is C12H12BrN3S. The maximum Gasteiger partial charge on any atom is 0.120 e. The Balaban J connectivity index is 2.47. The molecule has 0 aromatic carbocycles. The highest BCUT2D eigenvalue weighted by atomic mass is 79.9. The molecule has 0 bridgehead atoms. The fourth-order valence-electron chi connectivity index (χ4n) is 1.87. The molecule has 0 aliphatic heterocycles. The molecule has 17 heavy (non-hydrogen) atoms. The van der Waals surface area contributed by atoms with E-state index in [-0.39, 0.29) is 12.1 Å². The third-order valence-electron chi connectivity index (χ3n) is 2.58. The van der Waals surface area contributed by atoms with Gasteiger partial charge < -0.3 is 10.3 Å². The van der Waals surface area contributed by atoms with Crippen molar-refractivity contribution in [2.24, 2.45) is 5.73 Å². The summed E-state index contributed by atoms with van der Waals surface area (Å²) in [6.45, 7) is 1.96. The van der Waals surface area contributed by atoms with Gasteiger partial charge in [-0.05, 0) is 47.1 Å². The molecule has 0 saturated heterocycles. The lowest BCUT2D eigenvalue weighted by Gasteiger charge is -2.22. The normalized spacial score (nSPS) is 14.2. The van der Waals surface area contributed by atoms with E-state index in [4.69, 9.17) is 11.0 Å². The number of halogens is 1. The average Bonchev–Trinajstić information content (AvgIpc) is 2.88. The van der Waals surface area contributed by atoms with E-state index in [0.29, 0.717) is 5.69 Å². The summed E-state index contributed by atoms with van der Waals surface area (Å²) in [7, 11) is 0. The highest BCUT2D eigenvalue weighted by molar-refractivity contribution is 9.11. The number of hydrogen-bond acceptors (Lipinski definition) is 3. The Labute approximate surface area is 113 Å². The van der Waals surface area contributed by atoms with E-state index in [9.17, 15) is 0 Å². The number of thiophene rings is 1. The van der Waals surface area contributed by atoms with E-state index in [1.807, 2.05) is 35.9 Å². The van der Waals surface area contributed by atoms with Gasteiger partial charge in [0.25, 0.3) is 0 Å². The molecule has 0 fully saturated rings. The quantitative estimate of drug-likeness (QED) is 0.947. The second-order valence-electron chi connectivity index (χ2n) is 3.86. The van der Waals surface area contributed by atoms with Crippen molar-refractivity contribution in [1.82, 2.24) is 4.57 Å². The van der Waals surface area contributed by atoms with E-state index in [2.05, 4.69) is 22.0 Å². The molecule has 2 N–H and O–H groups in total. The summed E-state index contributed by atoms with van der Waals surface area (Å²) in [6, 6.07) is 9.87. The minimum Gasteiger partial charge on any atom is -0.330 e. The molecule has 0 aliphatic carbocycles. The lowest BCUT2D eigenvalue weighted by Crippen LogP contribution is -2.29. The summed E-state index contributed by atoms with van der Waals surface area (Å²) in [5.74, 6) is 0. The zero-order valence-corrected chi connectivity index (χ0v) is 11.7. The van der Waals surface area contributed by atoms with Gasteiger partial charge >= 0.3 is 0 Å². The molecule has 0 radical (unpaired) electrons. The van der Waals surface area contributed by atoms with E-state index in [0.717, 1.165) is 8.66 Å².